The molecule has 0 fully saturated rings. The molecule has 1 aromatic heterocycles. The molecule has 20 heavy (non-hydrogen) atoms. The van der Waals surface area contributed by atoms with Crippen molar-refractivity contribution in [2.75, 3.05) is 12.4 Å². The minimum atomic E-state index is -0.793. The quantitative estimate of drug-likeness (QED) is 0.912. The largest absolute Gasteiger partial charge is 0.312 e. The number of hydrogen-bond acceptors (Lipinski definition) is 4. The Kier molecular flexibility index (Phi) is 4.41. The third-order valence-electron chi connectivity index (χ3n) is 2.74. The summed E-state index contributed by atoms with van der Waals surface area (Å²) in [6.45, 7) is 1.93. The van der Waals surface area contributed by atoms with Gasteiger partial charge in [0.25, 0.3) is 5.91 Å². The molecule has 106 valence electrons. The number of amides is 1. The number of nitrogens with zero attached hydrogens (tertiary/aromatic N) is 1. The second-order valence-corrected chi connectivity index (χ2v) is 5.06. The summed E-state index contributed by atoms with van der Waals surface area (Å²) in [4.78, 5) is 16.1. The summed E-state index contributed by atoms with van der Waals surface area (Å²) in [5, 5.41) is 7.74. The third kappa shape index (κ3) is 3.37. The zero-order valence-corrected chi connectivity index (χ0v) is 11.7. The summed E-state index contributed by atoms with van der Waals surface area (Å²) >= 11 is 1.25. The number of anilines is 1. The highest BCUT2D eigenvalue weighted by atomic mass is 32.1. The lowest BCUT2D eigenvalue weighted by molar-refractivity contribution is 0.102. The van der Waals surface area contributed by atoms with Crippen molar-refractivity contribution in [1.29, 1.82) is 0 Å². The van der Waals surface area contributed by atoms with E-state index in [-0.39, 0.29) is 11.6 Å². The van der Waals surface area contributed by atoms with E-state index in [0.29, 0.717) is 11.2 Å². The molecular formula is C13H13F2N3OS. The van der Waals surface area contributed by atoms with Gasteiger partial charge in [-0.3, -0.25) is 10.1 Å². The van der Waals surface area contributed by atoms with E-state index in [1.54, 1.807) is 7.05 Å². The van der Waals surface area contributed by atoms with Crippen LogP contribution in [0.15, 0.2) is 23.6 Å². The van der Waals surface area contributed by atoms with Crippen molar-refractivity contribution in [2.45, 2.75) is 13.0 Å². The van der Waals surface area contributed by atoms with Crippen LogP contribution in [0.3, 0.4) is 0 Å². The van der Waals surface area contributed by atoms with Gasteiger partial charge in [0.15, 0.2) is 5.13 Å². The minimum Gasteiger partial charge on any atom is -0.312 e. The van der Waals surface area contributed by atoms with Crippen LogP contribution in [0.4, 0.5) is 13.9 Å². The molecule has 1 heterocycles. The van der Waals surface area contributed by atoms with Crippen LogP contribution in [0.25, 0.3) is 0 Å². The minimum absolute atomic E-state index is 0.0588. The summed E-state index contributed by atoms with van der Waals surface area (Å²) < 4.78 is 26.1. The van der Waals surface area contributed by atoms with E-state index in [0.717, 1.165) is 17.8 Å². The molecule has 1 unspecified atom stereocenters. The maximum Gasteiger partial charge on any atom is 0.257 e. The van der Waals surface area contributed by atoms with Crippen molar-refractivity contribution < 1.29 is 13.6 Å². The molecule has 1 atom stereocenters. The SMILES string of the molecule is CNC(C)c1csc(NC(=O)c2cc(F)cc(F)c2)n1. The van der Waals surface area contributed by atoms with Crippen molar-refractivity contribution in [3.05, 3.63) is 46.5 Å². The van der Waals surface area contributed by atoms with Crippen LogP contribution in [-0.4, -0.2) is 17.9 Å². The van der Waals surface area contributed by atoms with Gasteiger partial charge >= 0.3 is 0 Å². The van der Waals surface area contributed by atoms with Crippen LogP contribution >= 0.6 is 11.3 Å². The van der Waals surface area contributed by atoms with Gasteiger partial charge in [0.2, 0.25) is 0 Å². The molecule has 1 amide bonds. The molecule has 2 rings (SSSR count). The first kappa shape index (κ1) is 14.5. The number of rotatable bonds is 4. The van der Waals surface area contributed by atoms with Crippen molar-refractivity contribution in [1.82, 2.24) is 10.3 Å². The second-order valence-electron chi connectivity index (χ2n) is 4.20. The van der Waals surface area contributed by atoms with Crippen molar-refractivity contribution in [3.8, 4) is 0 Å². The zero-order chi connectivity index (χ0) is 14.7. The van der Waals surface area contributed by atoms with E-state index < -0.39 is 17.5 Å². The van der Waals surface area contributed by atoms with Crippen LogP contribution in [-0.2, 0) is 0 Å². The normalized spacial score (nSPS) is 12.2. The summed E-state index contributed by atoms with van der Waals surface area (Å²) in [6, 6.07) is 2.72. The summed E-state index contributed by atoms with van der Waals surface area (Å²) in [5.41, 5.74) is 0.708. The summed E-state index contributed by atoms with van der Waals surface area (Å²) in [6.07, 6.45) is 0. The molecule has 0 aliphatic rings. The maximum atomic E-state index is 13.0. The Labute approximate surface area is 118 Å². The first-order chi connectivity index (χ1) is 9.49. The average molecular weight is 297 g/mol. The van der Waals surface area contributed by atoms with Gasteiger partial charge in [0.05, 0.1) is 5.69 Å². The number of carbonyl (C=O) groups excluding carboxylic acids is 1. The molecule has 0 saturated carbocycles. The molecule has 7 heteroatoms. The fourth-order valence-corrected chi connectivity index (χ4v) is 2.34. The molecule has 0 bridgehead atoms. The average Bonchev–Trinajstić information content (AvgIpc) is 2.85. The van der Waals surface area contributed by atoms with Gasteiger partial charge in [-0.1, -0.05) is 0 Å². The first-order valence-electron chi connectivity index (χ1n) is 5.89. The Balaban J connectivity index is 2.13. The predicted molar refractivity (Wildman–Crippen MR) is 73.9 cm³/mol. The molecule has 4 nitrogen and oxygen atoms in total. The van der Waals surface area contributed by atoms with Crippen LogP contribution in [0, 0.1) is 11.6 Å². The Bertz CT molecular complexity index is 610. The number of nitrogens with one attached hydrogen (secondary N) is 2. The molecule has 2 N–H and O–H groups in total. The van der Waals surface area contributed by atoms with Crippen molar-refractivity contribution in [2.24, 2.45) is 0 Å². The number of hydrogen-bond donors (Lipinski definition) is 2. The van der Waals surface area contributed by atoms with Crippen LogP contribution in [0.2, 0.25) is 0 Å². The molecule has 1 aromatic carbocycles. The van der Waals surface area contributed by atoms with Crippen LogP contribution in [0.5, 0.6) is 0 Å². The Morgan fingerprint density at radius 1 is 1.30 bits per heavy atom. The zero-order valence-electron chi connectivity index (χ0n) is 10.9. The van der Waals surface area contributed by atoms with Gasteiger partial charge in [-0.2, -0.15) is 0 Å². The van der Waals surface area contributed by atoms with Gasteiger partial charge in [-0.05, 0) is 26.1 Å². The molecular weight excluding hydrogens is 284 g/mol. The highest BCUT2D eigenvalue weighted by molar-refractivity contribution is 7.14. The fraction of sp³-hybridized carbons (Fsp3) is 0.231. The topological polar surface area (TPSA) is 54.0 Å². The molecule has 0 aliphatic heterocycles. The summed E-state index contributed by atoms with van der Waals surface area (Å²) in [5.74, 6) is -2.18. The molecule has 0 aliphatic carbocycles. The number of thiazole rings is 1. The van der Waals surface area contributed by atoms with Gasteiger partial charge in [-0.25, -0.2) is 13.8 Å². The Morgan fingerprint density at radius 2 is 1.95 bits per heavy atom. The van der Waals surface area contributed by atoms with Gasteiger partial charge < -0.3 is 5.32 Å². The lowest BCUT2D eigenvalue weighted by Gasteiger charge is -2.05. The first-order valence-corrected chi connectivity index (χ1v) is 6.77. The monoisotopic (exact) mass is 297 g/mol. The number of aromatic nitrogens is 1. The highest BCUT2D eigenvalue weighted by Crippen LogP contribution is 2.21. The summed E-state index contributed by atoms with van der Waals surface area (Å²) in [7, 11) is 1.80. The number of benzene rings is 1. The van der Waals surface area contributed by atoms with Gasteiger partial charge in [-0.15, -0.1) is 11.3 Å². The van der Waals surface area contributed by atoms with Gasteiger partial charge in [0, 0.05) is 23.1 Å². The second kappa shape index (κ2) is 6.06. The molecule has 0 radical (unpaired) electrons. The highest BCUT2D eigenvalue weighted by Gasteiger charge is 2.13. The van der Waals surface area contributed by atoms with Crippen molar-refractivity contribution >= 4 is 22.4 Å². The van der Waals surface area contributed by atoms with E-state index in [1.165, 1.54) is 11.3 Å². The fourth-order valence-electron chi connectivity index (χ4n) is 1.54. The van der Waals surface area contributed by atoms with Gasteiger partial charge in [0.1, 0.15) is 11.6 Å². The van der Waals surface area contributed by atoms with Crippen LogP contribution in [0.1, 0.15) is 29.0 Å². The van der Waals surface area contributed by atoms with Crippen LogP contribution < -0.4 is 10.6 Å². The van der Waals surface area contributed by atoms with E-state index in [4.69, 9.17) is 0 Å². The maximum absolute atomic E-state index is 13.0. The molecule has 0 saturated heterocycles. The standard InChI is InChI=1S/C13H13F2N3OS/c1-7(16-2)11-6-20-13(17-11)18-12(19)8-3-9(14)5-10(15)4-8/h3-7,16H,1-2H3,(H,17,18,19). The molecule has 0 spiro atoms. The predicted octanol–water partition coefficient (Wildman–Crippen LogP) is 2.95. The Hall–Kier alpha value is -1.86. The van der Waals surface area contributed by atoms with E-state index in [1.807, 2.05) is 12.3 Å². The third-order valence-corrected chi connectivity index (χ3v) is 3.52. The van der Waals surface area contributed by atoms with Crippen molar-refractivity contribution in [3.63, 3.8) is 0 Å². The lowest BCUT2D eigenvalue weighted by Crippen LogP contribution is -2.14. The van der Waals surface area contributed by atoms with E-state index >= 15 is 0 Å². The van der Waals surface area contributed by atoms with E-state index in [2.05, 4.69) is 15.6 Å². The molecule has 2 aromatic rings. The lowest BCUT2D eigenvalue weighted by atomic mass is 10.2. The number of carbonyl (C=O) groups is 1. The smallest absolute Gasteiger partial charge is 0.257 e. The Morgan fingerprint density at radius 3 is 2.55 bits per heavy atom. The number of halogens is 2. The van der Waals surface area contributed by atoms with E-state index in [9.17, 15) is 13.6 Å².